The third-order valence-electron chi connectivity index (χ3n) is 6.80. The Morgan fingerprint density at radius 2 is 1.67 bits per heavy atom. The largest absolute Gasteiger partial charge is 0.416 e. The van der Waals surface area contributed by atoms with E-state index in [0.717, 1.165) is 44.4 Å². The Labute approximate surface area is 173 Å². The molecule has 2 fully saturated rings. The van der Waals surface area contributed by atoms with E-state index in [9.17, 15) is 18.0 Å². The monoisotopic (exact) mass is 415 g/mol. The summed E-state index contributed by atoms with van der Waals surface area (Å²) in [6.45, 7) is 1.55. The quantitative estimate of drug-likeness (QED) is 0.781. The van der Waals surface area contributed by atoms with Gasteiger partial charge in [-0.3, -0.25) is 4.90 Å². The van der Waals surface area contributed by atoms with Gasteiger partial charge in [-0.15, -0.1) is 0 Å². The molecule has 2 amide bonds. The molecule has 3 aliphatic rings. The van der Waals surface area contributed by atoms with Crippen LogP contribution in [0.2, 0.25) is 0 Å². The molecule has 2 aliphatic heterocycles. The van der Waals surface area contributed by atoms with Crippen molar-refractivity contribution in [3.63, 3.8) is 0 Å². The Kier molecular flexibility index (Phi) is 4.73. The first-order valence-electron chi connectivity index (χ1n) is 10.5. The topological polar surface area (TPSA) is 35.6 Å². The van der Waals surface area contributed by atoms with Gasteiger partial charge < -0.3 is 10.2 Å². The van der Waals surface area contributed by atoms with Gasteiger partial charge in [-0.1, -0.05) is 24.3 Å². The maximum absolute atomic E-state index is 12.7. The Morgan fingerprint density at radius 1 is 0.933 bits per heavy atom. The van der Waals surface area contributed by atoms with Gasteiger partial charge in [-0.05, 0) is 61.1 Å². The zero-order chi connectivity index (χ0) is 20.9. The molecule has 0 radical (unpaired) electrons. The van der Waals surface area contributed by atoms with Crippen LogP contribution in [-0.2, 0) is 19.0 Å². The third-order valence-corrected chi connectivity index (χ3v) is 6.80. The van der Waals surface area contributed by atoms with Gasteiger partial charge in [-0.25, -0.2) is 4.79 Å². The zero-order valence-corrected chi connectivity index (χ0v) is 16.5. The van der Waals surface area contributed by atoms with E-state index in [0.29, 0.717) is 24.3 Å². The maximum atomic E-state index is 12.7. The van der Waals surface area contributed by atoms with Crippen molar-refractivity contribution in [1.29, 1.82) is 0 Å². The lowest BCUT2D eigenvalue weighted by Crippen LogP contribution is -2.54. The molecule has 30 heavy (non-hydrogen) atoms. The highest BCUT2D eigenvalue weighted by atomic mass is 19.4. The van der Waals surface area contributed by atoms with E-state index in [1.54, 1.807) is 0 Å². The lowest BCUT2D eigenvalue weighted by Gasteiger charge is -2.40. The molecule has 2 aromatic carbocycles. The van der Waals surface area contributed by atoms with Crippen molar-refractivity contribution in [2.45, 2.75) is 50.0 Å². The molecule has 1 aliphatic carbocycles. The molecule has 5 rings (SSSR count). The van der Waals surface area contributed by atoms with Gasteiger partial charge in [0.2, 0.25) is 0 Å². The van der Waals surface area contributed by atoms with Crippen LogP contribution in [0.15, 0.2) is 48.5 Å². The average molecular weight is 415 g/mol. The first kappa shape index (κ1) is 19.4. The second-order valence-electron chi connectivity index (χ2n) is 8.56. The molecule has 2 bridgehead atoms. The van der Waals surface area contributed by atoms with Crippen molar-refractivity contribution in [1.82, 2.24) is 9.80 Å². The summed E-state index contributed by atoms with van der Waals surface area (Å²) in [5.41, 5.74) is 2.56. The van der Waals surface area contributed by atoms with Crippen molar-refractivity contribution >= 4 is 11.7 Å². The van der Waals surface area contributed by atoms with E-state index in [-0.39, 0.29) is 12.1 Å². The van der Waals surface area contributed by atoms with Crippen LogP contribution in [0, 0.1) is 0 Å². The van der Waals surface area contributed by atoms with Gasteiger partial charge in [0, 0.05) is 36.9 Å². The molecule has 1 N–H and O–H groups in total. The van der Waals surface area contributed by atoms with Crippen LogP contribution in [0.1, 0.15) is 29.5 Å². The number of rotatable bonds is 2. The number of urea groups is 1. The number of nitrogens with zero attached hydrogens (tertiary/aromatic N) is 2. The van der Waals surface area contributed by atoms with Crippen molar-refractivity contribution in [3.8, 4) is 0 Å². The van der Waals surface area contributed by atoms with Crippen molar-refractivity contribution in [2.75, 3.05) is 18.4 Å². The smallest absolute Gasteiger partial charge is 0.319 e. The van der Waals surface area contributed by atoms with Crippen LogP contribution < -0.4 is 5.32 Å². The molecular formula is C23H24F3N3O. The second kappa shape index (κ2) is 7.30. The summed E-state index contributed by atoms with van der Waals surface area (Å²) in [4.78, 5) is 17.1. The minimum atomic E-state index is -4.38. The van der Waals surface area contributed by atoms with Crippen molar-refractivity contribution < 1.29 is 18.0 Å². The number of carbonyl (C=O) groups is 1. The van der Waals surface area contributed by atoms with Crippen LogP contribution in [0.3, 0.4) is 0 Å². The van der Waals surface area contributed by atoms with E-state index in [4.69, 9.17) is 0 Å². The number of likely N-dealkylation sites (tertiary alicyclic amines) is 2. The van der Waals surface area contributed by atoms with E-state index in [2.05, 4.69) is 34.5 Å². The number of benzene rings is 2. The lowest BCUT2D eigenvalue weighted by atomic mass is 9.87. The predicted octanol–water partition coefficient (Wildman–Crippen LogP) is 4.55. The highest BCUT2D eigenvalue weighted by Gasteiger charge is 2.47. The van der Waals surface area contributed by atoms with Gasteiger partial charge in [0.05, 0.1) is 5.56 Å². The zero-order valence-electron chi connectivity index (χ0n) is 16.5. The summed E-state index contributed by atoms with van der Waals surface area (Å²) in [5.74, 6) is 0. The fraction of sp³-hybridized carbons (Fsp3) is 0.435. The number of anilines is 1. The number of amides is 2. The van der Waals surface area contributed by atoms with Crippen LogP contribution in [-0.4, -0.2) is 47.0 Å². The summed E-state index contributed by atoms with van der Waals surface area (Å²) in [6.07, 6.45) is -0.0830. The van der Waals surface area contributed by atoms with Crippen molar-refractivity contribution in [3.05, 3.63) is 65.2 Å². The Hall–Kier alpha value is -2.54. The third kappa shape index (κ3) is 3.55. The Morgan fingerprint density at radius 3 is 2.33 bits per heavy atom. The summed E-state index contributed by atoms with van der Waals surface area (Å²) >= 11 is 0. The van der Waals surface area contributed by atoms with Crippen LogP contribution in [0.5, 0.6) is 0 Å². The Balaban J connectivity index is 1.19. The molecule has 0 spiro atoms. The van der Waals surface area contributed by atoms with E-state index in [1.165, 1.54) is 23.3 Å². The molecule has 2 heterocycles. The Bertz CT molecular complexity index is 943. The number of piperazine rings is 1. The first-order chi connectivity index (χ1) is 14.4. The molecular weight excluding hydrogens is 391 g/mol. The lowest BCUT2D eigenvalue weighted by molar-refractivity contribution is -0.137. The number of hydrogen-bond donors (Lipinski definition) is 1. The van der Waals surface area contributed by atoms with Gasteiger partial charge in [0.15, 0.2) is 0 Å². The molecule has 2 saturated heterocycles. The van der Waals surface area contributed by atoms with E-state index >= 15 is 0 Å². The number of fused-ring (bicyclic) bond motifs is 3. The molecule has 4 nitrogen and oxygen atoms in total. The minimum Gasteiger partial charge on any atom is -0.319 e. The average Bonchev–Trinajstić information content (AvgIpc) is 3.34. The molecule has 0 saturated carbocycles. The van der Waals surface area contributed by atoms with Crippen molar-refractivity contribution in [2.24, 2.45) is 0 Å². The van der Waals surface area contributed by atoms with Gasteiger partial charge in [0.25, 0.3) is 0 Å². The van der Waals surface area contributed by atoms with Crippen LogP contribution in [0.25, 0.3) is 0 Å². The predicted molar refractivity (Wildman–Crippen MR) is 108 cm³/mol. The highest BCUT2D eigenvalue weighted by Crippen LogP contribution is 2.36. The number of carbonyl (C=O) groups excluding carboxylic acids is 1. The van der Waals surface area contributed by atoms with Gasteiger partial charge in [-0.2, -0.15) is 13.2 Å². The summed E-state index contributed by atoms with van der Waals surface area (Å²) in [7, 11) is 0. The van der Waals surface area contributed by atoms with Gasteiger partial charge >= 0.3 is 12.2 Å². The number of aryl methyl sites for hydroxylation is 1. The number of alkyl halides is 3. The molecule has 3 unspecified atom stereocenters. The summed E-state index contributed by atoms with van der Waals surface area (Å²) in [6, 6.07) is 14.1. The second-order valence-corrected chi connectivity index (χ2v) is 8.56. The van der Waals surface area contributed by atoms with Gasteiger partial charge in [0.1, 0.15) is 0 Å². The minimum absolute atomic E-state index is 0.168. The normalized spacial score (nSPS) is 26.0. The molecule has 7 heteroatoms. The number of hydrogen-bond acceptors (Lipinski definition) is 2. The molecule has 0 aromatic heterocycles. The van der Waals surface area contributed by atoms with Crippen LogP contribution >= 0.6 is 0 Å². The SMILES string of the molecule is O=C(Nc1ccc(C(F)(F)F)cc1)N1CC2CC1CN2C1CCc2ccccc2C1. The first-order valence-corrected chi connectivity index (χ1v) is 10.5. The fourth-order valence-electron chi connectivity index (χ4n) is 5.29. The highest BCUT2D eigenvalue weighted by molar-refractivity contribution is 5.90. The van der Waals surface area contributed by atoms with E-state index < -0.39 is 11.7 Å². The van der Waals surface area contributed by atoms with Crippen LogP contribution in [0.4, 0.5) is 23.7 Å². The van der Waals surface area contributed by atoms with E-state index in [1.807, 2.05) is 4.90 Å². The number of halogens is 3. The number of nitrogens with one attached hydrogen (secondary N) is 1. The molecule has 3 atom stereocenters. The molecule has 158 valence electrons. The standard InChI is InChI=1S/C23H24F3N3O/c24-23(25,26)17-6-8-18(9-7-17)27-22(30)29-14-20-12-21(29)13-28(20)19-10-5-15-3-1-2-4-16(15)11-19/h1-4,6-9,19-21H,5,10-14H2,(H,27,30). The maximum Gasteiger partial charge on any atom is 0.416 e. The molecule has 2 aromatic rings. The summed E-state index contributed by atoms with van der Waals surface area (Å²) in [5, 5.41) is 2.76. The summed E-state index contributed by atoms with van der Waals surface area (Å²) < 4.78 is 38.1. The fourth-order valence-corrected chi connectivity index (χ4v) is 5.29.